The molecule has 0 amide bonds. The fourth-order valence-corrected chi connectivity index (χ4v) is 5.16. The molecule has 232 valence electrons. The van der Waals surface area contributed by atoms with Crippen LogP contribution in [0.25, 0.3) is 0 Å². The van der Waals surface area contributed by atoms with Gasteiger partial charge in [-0.15, -0.1) is 0 Å². The van der Waals surface area contributed by atoms with Crippen LogP contribution in [0.1, 0.15) is 162 Å². The van der Waals surface area contributed by atoms with Gasteiger partial charge in [-0.25, -0.2) is 0 Å². The summed E-state index contributed by atoms with van der Waals surface area (Å²) in [6.45, 7) is 5.58. The first-order valence-electron chi connectivity index (χ1n) is 17.6. The summed E-state index contributed by atoms with van der Waals surface area (Å²) in [5, 5.41) is 0. The van der Waals surface area contributed by atoms with Gasteiger partial charge >= 0.3 is 0 Å². The van der Waals surface area contributed by atoms with Gasteiger partial charge in [-0.05, 0) is 117 Å². The SMILES string of the molecule is C/C=C/C/C=C/CCCCCCCC(/C=C\CCCCN(C)C)CCCCCCC/C=C/CC=CCCCCC. The largest absolute Gasteiger partial charge is 0.309 e. The minimum Gasteiger partial charge on any atom is -0.309 e. The van der Waals surface area contributed by atoms with E-state index in [1.165, 1.54) is 141 Å². The van der Waals surface area contributed by atoms with Crippen molar-refractivity contribution < 1.29 is 0 Å². The quantitative estimate of drug-likeness (QED) is 0.0631. The molecule has 1 atom stereocenters. The van der Waals surface area contributed by atoms with Crippen molar-refractivity contribution >= 4 is 0 Å². The summed E-state index contributed by atoms with van der Waals surface area (Å²) in [7, 11) is 4.36. The second-order valence-corrected chi connectivity index (χ2v) is 12.1. The molecule has 1 heteroatoms. The number of hydrogen-bond acceptors (Lipinski definition) is 1. The number of nitrogens with zero attached hydrogens (tertiary/aromatic N) is 1. The molecule has 0 aromatic rings. The van der Waals surface area contributed by atoms with Gasteiger partial charge in [-0.1, -0.05) is 132 Å². The van der Waals surface area contributed by atoms with Crippen molar-refractivity contribution in [2.75, 3.05) is 20.6 Å². The molecule has 0 saturated heterocycles. The lowest BCUT2D eigenvalue weighted by atomic mass is 9.93. The van der Waals surface area contributed by atoms with Crippen LogP contribution in [0, 0.1) is 5.92 Å². The van der Waals surface area contributed by atoms with Crippen LogP contribution >= 0.6 is 0 Å². The number of rotatable bonds is 30. The van der Waals surface area contributed by atoms with Crippen LogP contribution in [0.3, 0.4) is 0 Å². The lowest BCUT2D eigenvalue weighted by Gasteiger charge is -2.13. The molecule has 0 bridgehead atoms. The third-order valence-corrected chi connectivity index (χ3v) is 7.78. The van der Waals surface area contributed by atoms with Gasteiger partial charge in [0.05, 0.1) is 0 Å². The molecule has 0 spiro atoms. The van der Waals surface area contributed by atoms with E-state index >= 15 is 0 Å². The molecule has 0 fully saturated rings. The first-order chi connectivity index (χ1) is 19.7. The molecule has 0 rings (SSSR count). The fraction of sp³-hybridized carbons (Fsp3) is 0.744. The Balaban J connectivity index is 4.01. The minimum absolute atomic E-state index is 0.807. The van der Waals surface area contributed by atoms with Gasteiger partial charge in [-0.2, -0.15) is 0 Å². The lowest BCUT2D eigenvalue weighted by molar-refractivity contribution is 0.395. The maximum absolute atomic E-state index is 2.59. The highest BCUT2D eigenvalue weighted by atomic mass is 15.0. The van der Waals surface area contributed by atoms with Crippen LogP contribution in [-0.4, -0.2) is 25.5 Å². The predicted octanol–water partition coefficient (Wildman–Crippen LogP) is 13.0. The van der Waals surface area contributed by atoms with Crippen LogP contribution in [0.5, 0.6) is 0 Å². The maximum Gasteiger partial charge on any atom is -0.00247 e. The van der Waals surface area contributed by atoms with E-state index in [0.717, 1.165) is 18.8 Å². The van der Waals surface area contributed by atoms with E-state index < -0.39 is 0 Å². The summed E-state index contributed by atoms with van der Waals surface area (Å²) in [6.07, 6.45) is 54.3. The Labute approximate surface area is 253 Å². The van der Waals surface area contributed by atoms with E-state index in [4.69, 9.17) is 0 Å². The zero-order valence-electron chi connectivity index (χ0n) is 27.8. The van der Waals surface area contributed by atoms with E-state index in [0.29, 0.717) is 0 Å². The van der Waals surface area contributed by atoms with Gasteiger partial charge in [0.25, 0.3) is 0 Å². The van der Waals surface area contributed by atoms with Crippen LogP contribution in [0.4, 0.5) is 0 Å². The molecule has 0 saturated carbocycles. The van der Waals surface area contributed by atoms with Crippen molar-refractivity contribution in [2.45, 2.75) is 162 Å². The number of hydrogen-bond donors (Lipinski definition) is 0. The van der Waals surface area contributed by atoms with Crippen molar-refractivity contribution in [3.8, 4) is 0 Å². The third-order valence-electron chi connectivity index (χ3n) is 7.78. The van der Waals surface area contributed by atoms with Crippen molar-refractivity contribution in [1.29, 1.82) is 0 Å². The Hall–Kier alpha value is -1.34. The first kappa shape index (κ1) is 38.7. The van der Waals surface area contributed by atoms with Gasteiger partial charge < -0.3 is 4.90 Å². The van der Waals surface area contributed by atoms with E-state index in [9.17, 15) is 0 Å². The van der Waals surface area contributed by atoms with Crippen LogP contribution in [0.15, 0.2) is 60.8 Å². The van der Waals surface area contributed by atoms with Crippen molar-refractivity contribution in [1.82, 2.24) is 4.90 Å². The summed E-state index contributed by atoms with van der Waals surface area (Å²) in [5.74, 6) is 0.807. The Morgan fingerprint density at radius 3 is 1.45 bits per heavy atom. The van der Waals surface area contributed by atoms with Crippen molar-refractivity contribution in [3.05, 3.63) is 60.8 Å². The molecule has 1 nitrogen and oxygen atoms in total. The zero-order chi connectivity index (χ0) is 29.2. The minimum atomic E-state index is 0.807. The molecule has 0 aliphatic carbocycles. The molecular weight excluding hydrogens is 482 g/mol. The summed E-state index contributed by atoms with van der Waals surface area (Å²) in [6, 6.07) is 0. The monoisotopic (exact) mass is 554 g/mol. The van der Waals surface area contributed by atoms with Gasteiger partial charge in [0.2, 0.25) is 0 Å². The molecule has 0 aromatic heterocycles. The van der Waals surface area contributed by atoms with Gasteiger partial charge in [0, 0.05) is 0 Å². The summed E-state index contributed by atoms with van der Waals surface area (Å²) >= 11 is 0. The molecule has 0 N–H and O–H groups in total. The smallest absolute Gasteiger partial charge is 0.00247 e. The third kappa shape index (κ3) is 32.9. The highest BCUT2D eigenvalue weighted by molar-refractivity contribution is 4.93. The highest BCUT2D eigenvalue weighted by Gasteiger charge is 2.05. The van der Waals surface area contributed by atoms with Gasteiger partial charge in [0.15, 0.2) is 0 Å². The molecule has 0 aliphatic heterocycles. The molecule has 0 radical (unpaired) electrons. The molecule has 0 heterocycles. The van der Waals surface area contributed by atoms with Crippen LogP contribution in [0.2, 0.25) is 0 Å². The molecule has 40 heavy (non-hydrogen) atoms. The predicted molar refractivity (Wildman–Crippen MR) is 185 cm³/mol. The van der Waals surface area contributed by atoms with Crippen molar-refractivity contribution in [2.24, 2.45) is 5.92 Å². The Bertz CT molecular complexity index is 621. The Kier molecular flexibility index (Phi) is 32.7. The number of unbranched alkanes of at least 4 members (excludes halogenated alkanes) is 15. The summed E-state index contributed by atoms with van der Waals surface area (Å²) in [4.78, 5) is 2.30. The molecular formula is C39H71N. The molecule has 1 unspecified atom stereocenters. The Morgan fingerprint density at radius 1 is 0.475 bits per heavy atom. The fourth-order valence-electron chi connectivity index (χ4n) is 5.16. The first-order valence-corrected chi connectivity index (χ1v) is 17.6. The van der Waals surface area contributed by atoms with E-state index in [1.807, 2.05) is 0 Å². The second-order valence-electron chi connectivity index (χ2n) is 12.1. The van der Waals surface area contributed by atoms with E-state index in [1.54, 1.807) is 0 Å². The normalized spacial score (nSPS) is 13.5. The summed E-state index contributed by atoms with van der Waals surface area (Å²) < 4.78 is 0. The Morgan fingerprint density at radius 2 is 0.925 bits per heavy atom. The molecule has 0 aromatic carbocycles. The topological polar surface area (TPSA) is 3.24 Å². The van der Waals surface area contributed by atoms with Gasteiger partial charge in [-0.3, -0.25) is 0 Å². The van der Waals surface area contributed by atoms with E-state index in [2.05, 4.69) is 93.6 Å². The van der Waals surface area contributed by atoms with Gasteiger partial charge in [0.1, 0.15) is 0 Å². The summed E-state index contributed by atoms with van der Waals surface area (Å²) in [5.41, 5.74) is 0. The maximum atomic E-state index is 2.59. The average Bonchev–Trinajstić information content (AvgIpc) is 2.95. The zero-order valence-corrected chi connectivity index (χ0v) is 27.8. The van der Waals surface area contributed by atoms with Crippen LogP contribution in [-0.2, 0) is 0 Å². The van der Waals surface area contributed by atoms with Crippen LogP contribution < -0.4 is 0 Å². The second kappa shape index (κ2) is 33.9. The van der Waals surface area contributed by atoms with Crippen molar-refractivity contribution in [3.63, 3.8) is 0 Å². The molecule has 0 aliphatic rings. The average molecular weight is 554 g/mol. The highest BCUT2D eigenvalue weighted by Crippen LogP contribution is 2.21. The van der Waals surface area contributed by atoms with E-state index in [-0.39, 0.29) is 0 Å². The standard InChI is InChI=1S/C39H71N/c1-5-7-9-11-13-15-17-18-19-20-22-24-26-28-32-36-39(37-33-29-30-34-38-40(3)4)35-31-27-25-23-21-16-14-12-10-8-6-2/h6,8,12-15,18-19,33,37,39H,5,7,9-11,16-17,20-32,34-36,38H2,1-4H3/b8-6+,14-12+,15-13?,19-18+,37-33-. The number of allylic oxidation sites excluding steroid dienone is 10. The lowest BCUT2D eigenvalue weighted by Crippen LogP contribution is -2.12.